The van der Waals surface area contributed by atoms with Gasteiger partial charge in [0.05, 0.1) is 12.1 Å². The van der Waals surface area contributed by atoms with Crippen molar-refractivity contribution < 1.29 is 4.74 Å². The Hall–Kier alpha value is -0.900. The van der Waals surface area contributed by atoms with E-state index in [1.54, 1.807) is 0 Å². The van der Waals surface area contributed by atoms with E-state index in [1.165, 1.54) is 11.1 Å². The molecule has 108 valence electrons. The van der Waals surface area contributed by atoms with Crippen molar-refractivity contribution in [2.45, 2.75) is 58.6 Å². The predicted molar refractivity (Wildman–Crippen MR) is 81.0 cm³/mol. The molecule has 19 heavy (non-hydrogen) atoms. The third-order valence-corrected chi connectivity index (χ3v) is 3.49. The highest BCUT2D eigenvalue weighted by molar-refractivity contribution is 5.28. The Balaban J connectivity index is 2.71. The average molecular weight is 264 g/mol. The summed E-state index contributed by atoms with van der Waals surface area (Å²) in [5.41, 5.74) is 5.69. The van der Waals surface area contributed by atoms with Crippen molar-refractivity contribution in [2.24, 2.45) is 5.84 Å². The van der Waals surface area contributed by atoms with Gasteiger partial charge >= 0.3 is 0 Å². The number of benzene rings is 1. The molecule has 0 aliphatic carbocycles. The largest absolute Gasteiger partial charge is 0.377 e. The van der Waals surface area contributed by atoms with Crippen LogP contribution in [0.2, 0.25) is 0 Å². The maximum atomic E-state index is 5.62. The van der Waals surface area contributed by atoms with Gasteiger partial charge < -0.3 is 4.74 Å². The molecule has 0 bridgehead atoms. The van der Waals surface area contributed by atoms with E-state index in [9.17, 15) is 0 Å². The van der Waals surface area contributed by atoms with Crippen LogP contribution in [0.4, 0.5) is 0 Å². The molecule has 3 heteroatoms. The molecule has 3 nitrogen and oxygen atoms in total. The van der Waals surface area contributed by atoms with Crippen molar-refractivity contribution in [3.05, 3.63) is 35.4 Å². The molecular weight excluding hydrogens is 236 g/mol. The Bertz CT molecular complexity index is 367. The summed E-state index contributed by atoms with van der Waals surface area (Å²) in [6, 6.07) is 8.91. The zero-order valence-electron chi connectivity index (χ0n) is 12.9. The summed E-state index contributed by atoms with van der Waals surface area (Å²) in [6.45, 7) is 11.4. The second-order valence-corrected chi connectivity index (χ2v) is 6.08. The minimum absolute atomic E-state index is 0.109. The minimum atomic E-state index is 0.109. The molecule has 1 rings (SSSR count). The Morgan fingerprint density at radius 1 is 1.21 bits per heavy atom. The molecule has 2 atom stereocenters. The van der Waals surface area contributed by atoms with E-state index in [-0.39, 0.29) is 17.6 Å². The van der Waals surface area contributed by atoms with Crippen LogP contribution in [-0.4, -0.2) is 18.8 Å². The summed E-state index contributed by atoms with van der Waals surface area (Å²) < 4.78 is 5.60. The van der Waals surface area contributed by atoms with E-state index < -0.39 is 0 Å². The Morgan fingerprint density at radius 3 is 2.21 bits per heavy atom. The standard InChI is InChI=1S/C16H28N2O/c1-6-19-12(2)15(18-17)11-13-7-9-14(10-8-13)16(3,4)5/h7-10,12,15,18H,6,11,17H2,1-5H3. The first kappa shape index (κ1) is 16.2. The Kier molecular flexibility index (Phi) is 5.98. The number of nitrogens with one attached hydrogen (secondary N) is 1. The van der Waals surface area contributed by atoms with Gasteiger partial charge in [-0.25, -0.2) is 0 Å². The Labute approximate surface area is 117 Å². The molecule has 1 aromatic carbocycles. The summed E-state index contributed by atoms with van der Waals surface area (Å²) in [4.78, 5) is 0. The summed E-state index contributed by atoms with van der Waals surface area (Å²) in [6.07, 6.45) is 0.986. The fourth-order valence-corrected chi connectivity index (χ4v) is 2.13. The molecule has 0 aliphatic heterocycles. The van der Waals surface area contributed by atoms with Gasteiger partial charge in [0.25, 0.3) is 0 Å². The topological polar surface area (TPSA) is 47.3 Å². The number of nitrogens with two attached hydrogens (primary N) is 1. The fourth-order valence-electron chi connectivity index (χ4n) is 2.13. The van der Waals surface area contributed by atoms with Crippen LogP contribution in [0, 0.1) is 0 Å². The number of hydrogen-bond donors (Lipinski definition) is 2. The monoisotopic (exact) mass is 264 g/mol. The highest BCUT2D eigenvalue weighted by Crippen LogP contribution is 2.22. The summed E-state index contributed by atoms with van der Waals surface area (Å²) in [5.74, 6) is 5.62. The zero-order chi connectivity index (χ0) is 14.5. The van der Waals surface area contributed by atoms with Gasteiger partial charge in [0.15, 0.2) is 0 Å². The SMILES string of the molecule is CCOC(C)C(Cc1ccc(C(C)(C)C)cc1)NN. The lowest BCUT2D eigenvalue weighted by Crippen LogP contribution is -2.45. The third-order valence-electron chi connectivity index (χ3n) is 3.49. The van der Waals surface area contributed by atoms with Gasteiger partial charge in [0, 0.05) is 6.61 Å². The van der Waals surface area contributed by atoms with Gasteiger partial charge in [0.1, 0.15) is 0 Å². The average Bonchev–Trinajstić information content (AvgIpc) is 2.35. The maximum absolute atomic E-state index is 5.62. The van der Waals surface area contributed by atoms with Crippen LogP contribution < -0.4 is 11.3 Å². The molecule has 0 radical (unpaired) electrons. The normalized spacial score (nSPS) is 15.3. The lowest BCUT2D eigenvalue weighted by atomic mass is 9.86. The highest BCUT2D eigenvalue weighted by Gasteiger charge is 2.17. The first-order valence-corrected chi connectivity index (χ1v) is 7.05. The molecule has 1 aromatic rings. The van der Waals surface area contributed by atoms with Crippen molar-refractivity contribution >= 4 is 0 Å². The summed E-state index contributed by atoms with van der Waals surface area (Å²) >= 11 is 0. The first-order chi connectivity index (χ1) is 8.88. The van der Waals surface area contributed by atoms with E-state index in [0.29, 0.717) is 6.61 Å². The van der Waals surface area contributed by atoms with E-state index in [0.717, 1.165) is 6.42 Å². The lowest BCUT2D eigenvalue weighted by molar-refractivity contribution is 0.0476. The predicted octanol–water partition coefficient (Wildman–Crippen LogP) is 2.78. The smallest absolute Gasteiger partial charge is 0.0716 e. The first-order valence-electron chi connectivity index (χ1n) is 7.05. The number of rotatable bonds is 6. The van der Waals surface area contributed by atoms with E-state index in [1.807, 2.05) is 6.92 Å². The van der Waals surface area contributed by atoms with E-state index in [4.69, 9.17) is 10.6 Å². The van der Waals surface area contributed by atoms with Gasteiger partial charge in [-0.3, -0.25) is 11.3 Å². The van der Waals surface area contributed by atoms with Crippen LogP contribution in [-0.2, 0) is 16.6 Å². The van der Waals surface area contributed by atoms with Gasteiger partial charge in [-0.15, -0.1) is 0 Å². The van der Waals surface area contributed by atoms with Crippen molar-refractivity contribution in [2.75, 3.05) is 6.61 Å². The van der Waals surface area contributed by atoms with Crippen molar-refractivity contribution in [3.63, 3.8) is 0 Å². The molecule has 0 spiro atoms. The van der Waals surface area contributed by atoms with Crippen LogP contribution in [0.3, 0.4) is 0 Å². The highest BCUT2D eigenvalue weighted by atomic mass is 16.5. The number of ether oxygens (including phenoxy) is 1. The fraction of sp³-hybridized carbons (Fsp3) is 0.625. The maximum Gasteiger partial charge on any atom is 0.0716 e. The summed E-state index contributed by atoms with van der Waals surface area (Å²) in [5, 5.41) is 0. The van der Waals surface area contributed by atoms with Gasteiger partial charge in [-0.2, -0.15) is 0 Å². The molecule has 2 unspecified atom stereocenters. The van der Waals surface area contributed by atoms with Crippen LogP contribution >= 0.6 is 0 Å². The lowest BCUT2D eigenvalue weighted by Gasteiger charge is -2.24. The van der Waals surface area contributed by atoms with Crippen molar-refractivity contribution in [1.29, 1.82) is 0 Å². The van der Waals surface area contributed by atoms with Crippen LogP contribution in [0.1, 0.15) is 45.7 Å². The molecule has 0 saturated carbocycles. The van der Waals surface area contributed by atoms with Gasteiger partial charge in [-0.1, -0.05) is 45.0 Å². The molecule has 0 aromatic heterocycles. The van der Waals surface area contributed by atoms with Crippen molar-refractivity contribution in [1.82, 2.24) is 5.43 Å². The van der Waals surface area contributed by atoms with E-state index in [2.05, 4.69) is 57.4 Å². The molecule has 0 amide bonds. The number of hydrazine groups is 1. The number of hydrogen-bond acceptors (Lipinski definition) is 3. The summed E-state index contributed by atoms with van der Waals surface area (Å²) in [7, 11) is 0. The Morgan fingerprint density at radius 2 is 1.79 bits per heavy atom. The molecule has 0 aliphatic rings. The molecular formula is C16H28N2O. The second kappa shape index (κ2) is 7.04. The molecule has 3 N–H and O–H groups in total. The van der Waals surface area contributed by atoms with Crippen LogP contribution in [0.15, 0.2) is 24.3 Å². The second-order valence-electron chi connectivity index (χ2n) is 6.08. The third kappa shape index (κ3) is 4.94. The van der Waals surface area contributed by atoms with Gasteiger partial charge in [0.2, 0.25) is 0 Å². The van der Waals surface area contributed by atoms with Crippen LogP contribution in [0.25, 0.3) is 0 Å². The minimum Gasteiger partial charge on any atom is -0.377 e. The molecule has 0 fully saturated rings. The quantitative estimate of drug-likeness (QED) is 0.613. The van der Waals surface area contributed by atoms with E-state index >= 15 is 0 Å². The van der Waals surface area contributed by atoms with Gasteiger partial charge in [-0.05, 0) is 36.8 Å². The zero-order valence-corrected chi connectivity index (χ0v) is 12.9. The van der Waals surface area contributed by atoms with Crippen molar-refractivity contribution in [3.8, 4) is 0 Å². The molecule has 0 saturated heterocycles. The molecule has 0 heterocycles. The van der Waals surface area contributed by atoms with Crippen LogP contribution in [0.5, 0.6) is 0 Å².